The number of benzene rings is 1. The summed E-state index contributed by atoms with van der Waals surface area (Å²) in [7, 11) is 3.90. The maximum absolute atomic E-state index is 5.82. The highest BCUT2D eigenvalue weighted by atomic mass is 16.3. The largest absolute Gasteiger partial charge is 0.461 e. The zero-order chi connectivity index (χ0) is 15.1. The van der Waals surface area contributed by atoms with Crippen LogP contribution in [-0.4, -0.2) is 38.0 Å². The van der Waals surface area contributed by atoms with Crippen molar-refractivity contribution in [1.82, 2.24) is 10.2 Å². The number of furan rings is 1. The van der Waals surface area contributed by atoms with Gasteiger partial charge in [0.2, 0.25) is 0 Å². The van der Waals surface area contributed by atoms with Gasteiger partial charge < -0.3 is 14.6 Å². The Morgan fingerprint density at radius 3 is 2.86 bits per heavy atom. The lowest BCUT2D eigenvalue weighted by atomic mass is 10.2. The number of guanidine groups is 1. The maximum Gasteiger partial charge on any atom is 0.193 e. The molecular weight excluding hydrogens is 262 g/mol. The molecule has 0 unspecified atom stereocenters. The van der Waals surface area contributed by atoms with Gasteiger partial charge in [-0.15, -0.1) is 0 Å². The van der Waals surface area contributed by atoms with E-state index in [0.29, 0.717) is 0 Å². The first-order valence-electron chi connectivity index (χ1n) is 7.64. The van der Waals surface area contributed by atoms with Gasteiger partial charge >= 0.3 is 0 Å². The molecule has 0 radical (unpaired) electrons. The van der Waals surface area contributed by atoms with Crippen molar-refractivity contribution in [3.05, 3.63) is 36.1 Å². The molecule has 0 atom stereocenters. The van der Waals surface area contributed by atoms with Crippen molar-refractivity contribution in [1.29, 1.82) is 0 Å². The lowest BCUT2D eigenvalue weighted by Gasteiger charge is -2.21. The number of nitrogens with zero attached hydrogens (tertiary/aromatic N) is 2. The molecule has 1 N–H and O–H groups in total. The van der Waals surface area contributed by atoms with E-state index in [1.807, 2.05) is 25.2 Å². The highest BCUT2D eigenvalue weighted by Gasteiger charge is 2.06. The molecule has 0 fully saturated rings. The van der Waals surface area contributed by atoms with Gasteiger partial charge in [-0.1, -0.05) is 31.5 Å². The Balaban J connectivity index is 1.85. The number of aliphatic imine (C=N–C) groups is 1. The predicted molar refractivity (Wildman–Crippen MR) is 88.8 cm³/mol. The van der Waals surface area contributed by atoms with Crippen molar-refractivity contribution in [2.75, 3.05) is 27.2 Å². The molecule has 1 aromatic carbocycles. The standard InChI is InChI=1S/C17H25N3O/c1-4-5-12-20(3)17(18-2)19-11-10-15-13-14-8-6-7-9-16(14)21-15/h6-9,13H,4-5,10-12H2,1-3H3,(H,18,19). The van der Waals surface area contributed by atoms with Gasteiger partial charge in [0.05, 0.1) is 0 Å². The van der Waals surface area contributed by atoms with Crippen LogP contribution < -0.4 is 5.32 Å². The number of rotatable bonds is 6. The fourth-order valence-corrected chi connectivity index (χ4v) is 2.34. The van der Waals surface area contributed by atoms with Gasteiger partial charge in [0, 0.05) is 39.0 Å². The summed E-state index contributed by atoms with van der Waals surface area (Å²) >= 11 is 0. The zero-order valence-corrected chi connectivity index (χ0v) is 13.2. The van der Waals surface area contributed by atoms with E-state index in [2.05, 4.69) is 41.3 Å². The summed E-state index contributed by atoms with van der Waals surface area (Å²) in [5, 5.41) is 4.55. The summed E-state index contributed by atoms with van der Waals surface area (Å²) in [6, 6.07) is 10.2. The van der Waals surface area contributed by atoms with Crippen LogP contribution in [0.15, 0.2) is 39.7 Å². The maximum atomic E-state index is 5.82. The van der Waals surface area contributed by atoms with Crippen molar-refractivity contribution < 1.29 is 4.42 Å². The quantitative estimate of drug-likeness (QED) is 0.655. The highest BCUT2D eigenvalue weighted by molar-refractivity contribution is 5.79. The summed E-state index contributed by atoms with van der Waals surface area (Å²) in [4.78, 5) is 6.48. The fraction of sp³-hybridized carbons (Fsp3) is 0.471. The molecule has 0 saturated heterocycles. The Bertz CT molecular complexity index is 555. The summed E-state index contributed by atoms with van der Waals surface area (Å²) in [6.07, 6.45) is 3.23. The van der Waals surface area contributed by atoms with E-state index >= 15 is 0 Å². The molecule has 0 aliphatic heterocycles. The Morgan fingerprint density at radius 1 is 1.33 bits per heavy atom. The van der Waals surface area contributed by atoms with Crippen LogP contribution in [0.3, 0.4) is 0 Å². The van der Waals surface area contributed by atoms with Gasteiger partial charge in [0.15, 0.2) is 5.96 Å². The molecule has 0 aliphatic rings. The number of unbranched alkanes of at least 4 members (excludes halogenated alkanes) is 1. The van der Waals surface area contributed by atoms with E-state index in [1.165, 1.54) is 12.8 Å². The van der Waals surface area contributed by atoms with E-state index in [0.717, 1.165) is 42.2 Å². The second-order valence-corrected chi connectivity index (χ2v) is 5.25. The van der Waals surface area contributed by atoms with E-state index in [1.54, 1.807) is 0 Å². The van der Waals surface area contributed by atoms with Gasteiger partial charge in [0.1, 0.15) is 11.3 Å². The van der Waals surface area contributed by atoms with Crippen molar-refractivity contribution in [2.45, 2.75) is 26.2 Å². The Hall–Kier alpha value is -1.97. The molecule has 0 bridgehead atoms. The number of hydrogen-bond donors (Lipinski definition) is 1. The average molecular weight is 287 g/mol. The van der Waals surface area contributed by atoms with Crippen LogP contribution in [0.5, 0.6) is 0 Å². The Morgan fingerprint density at radius 2 is 2.14 bits per heavy atom. The third-order valence-corrected chi connectivity index (χ3v) is 3.55. The molecular formula is C17H25N3O. The minimum absolute atomic E-state index is 0.822. The number of para-hydroxylation sites is 1. The minimum Gasteiger partial charge on any atom is -0.461 e. The normalized spacial score (nSPS) is 11.9. The van der Waals surface area contributed by atoms with Crippen LogP contribution in [0.4, 0.5) is 0 Å². The topological polar surface area (TPSA) is 40.8 Å². The summed E-state index contributed by atoms with van der Waals surface area (Å²) in [5.74, 6) is 1.95. The van der Waals surface area contributed by atoms with Crippen LogP contribution in [0.25, 0.3) is 11.0 Å². The van der Waals surface area contributed by atoms with Gasteiger partial charge in [0.25, 0.3) is 0 Å². The van der Waals surface area contributed by atoms with Crippen LogP contribution in [0.1, 0.15) is 25.5 Å². The molecule has 0 spiro atoms. The SMILES string of the molecule is CCCCN(C)C(=NC)NCCc1cc2ccccc2o1. The molecule has 4 heteroatoms. The highest BCUT2D eigenvalue weighted by Crippen LogP contribution is 2.18. The molecule has 0 aliphatic carbocycles. The Labute approximate surface area is 126 Å². The zero-order valence-electron chi connectivity index (χ0n) is 13.2. The molecule has 21 heavy (non-hydrogen) atoms. The summed E-state index contributed by atoms with van der Waals surface area (Å²) in [5.41, 5.74) is 0.956. The van der Waals surface area contributed by atoms with Gasteiger partial charge in [-0.25, -0.2) is 0 Å². The number of nitrogens with one attached hydrogen (secondary N) is 1. The average Bonchev–Trinajstić information content (AvgIpc) is 2.91. The predicted octanol–water partition coefficient (Wildman–Crippen LogP) is 3.28. The second-order valence-electron chi connectivity index (χ2n) is 5.25. The monoisotopic (exact) mass is 287 g/mol. The molecule has 2 rings (SSSR count). The van der Waals surface area contributed by atoms with E-state index in [9.17, 15) is 0 Å². The summed E-state index contributed by atoms with van der Waals surface area (Å²) in [6.45, 7) is 4.05. The number of hydrogen-bond acceptors (Lipinski definition) is 2. The third kappa shape index (κ3) is 4.25. The Kier molecular flexibility index (Phi) is 5.67. The molecule has 2 aromatic rings. The van der Waals surface area contributed by atoms with Crippen LogP contribution in [-0.2, 0) is 6.42 Å². The van der Waals surface area contributed by atoms with Crippen LogP contribution in [0.2, 0.25) is 0 Å². The van der Waals surface area contributed by atoms with Crippen LogP contribution in [0, 0.1) is 0 Å². The van der Waals surface area contributed by atoms with Gasteiger partial charge in [-0.3, -0.25) is 4.99 Å². The molecule has 0 amide bonds. The van der Waals surface area contributed by atoms with Crippen molar-refractivity contribution in [3.8, 4) is 0 Å². The van der Waals surface area contributed by atoms with E-state index < -0.39 is 0 Å². The van der Waals surface area contributed by atoms with Crippen molar-refractivity contribution in [2.24, 2.45) is 4.99 Å². The first kappa shape index (κ1) is 15.4. The lowest BCUT2D eigenvalue weighted by Crippen LogP contribution is -2.40. The van der Waals surface area contributed by atoms with E-state index in [-0.39, 0.29) is 0 Å². The van der Waals surface area contributed by atoms with Crippen LogP contribution >= 0.6 is 0 Å². The van der Waals surface area contributed by atoms with Crippen molar-refractivity contribution >= 4 is 16.9 Å². The first-order chi connectivity index (χ1) is 10.2. The molecule has 1 aromatic heterocycles. The van der Waals surface area contributed by atoms with Gasteiger partial charge in [-0.2, -0.15) is 0 Å². The molecule has 0 saturated carbocycles. The smallest absolute Gasteiger partial charge is 0.193 e. The minimum atomic E-state index is 0.822. The lowest BCUT2D eigenvalue weighted by molar-refractivity contribution is 0.462. The molecule has 114 valence electrons. The fourth-order valence-electron chi connectivity index (χ4n) is 2.34. The first-order valence-corrected chi connectivity index (χ1v) is 7.64. The third-order valence-electron chi connectivity index (χ3n) is 3.55. The van der Waals surface area contributed by atoms with E-state index in [4.69, 9.17) is 4.42 Å². The number of fused-ring (bicyclic) bond motifs is 1. The van der Waals surface area contributed by atoms with Crippen molar-refractivity contribution in [3.63, 3.8) is 0 Å². The molecule has 4 nitrogen and oxygen atoms in total. The van der Waals surface area contributed by atoms with Gasteiger partial charge in [-0.05, 0) is 18.6 Å². The molecule has 1 heterocycles. The summed E-state index contributed by atoms with van der Waals surface area (Å²) < 4.78 is 5.82. The second kappa shape index (κ2) is 7.72.